The van der Waals surface area contributed by atoms with Crippen LogP contribution in [-0.2, 0) is 4.79 Å². The smallest absolute Gasteiger partial charge is 0.223 e. The van der Waals surface area contributed by atoms with E-state index in [-0.39, 0.29) is 5.91 Å². The van der Waals surface area contributed by atoms with Gasteiger partial charge in [-0.1, -0.05) is 6.92 Å². The molecule has 1 aliphatic rings. The van der Waals surface area contributed by atoms with Crippen molar-refractivity contribution < 1.29 is 4.79 Å². The van der Waals surface area contributed by atoms with Crippen LogP contribution in [0.3, 0.4) is 0 Å². The number of hydrogen-bond donors (Lipinski definition) is 1. The highest BCUT2D eigenvalue weighted by Gasteiger charge is 2.14. The van der Waals surface area contributed by atoms with Crippen LogP contribution in [0.2, 0.25) is 0 Å². The highest BCUT2D eigenvalue weighted by molar-refractivity contribution is 5.75. The van der Waals surface area contributed by atoms with E-state index in [4.69, 9.17) is 0 Å². The zero-order chi connectivity index (χ0) is 6.69. The first kappa shape index (κ1) is 6.55. The lowest BCUT2D eigenvalue weighted by Crippen LogP contribution is -2.28. The number of carbonyl (C=O) groups is 1. The second-order valence-electron chi connectivity index (χ2n) is 2.17. The van der Waals surface area contributed by atoms with Gasteiger partial charge in [0.25, 0.3) is 0 Å². The van der Waals surface area contributed by atoms with Gasteiger partial charge in [0.05, 0.1) is 6.67 Å². The summed E-state index contributed by atoms with van der Waals surface area (Å²) in [4.78, 5) is 12.7. The van der Waals surface area contributed by atoms with E-state index >= 15 is 0 Å². The molecule has 0 aromatic heterocycles. The van der Waals surface area contributed by atoms with Crippen LogP contribution in [0, 0.1) is 0 Å². The van der Waals surface area contributed by atoms with Crippen molar-refractivity contribution in [3.8, 4) is 0 Å². The Morgan fingerprint density at radius 3 is 3.00 bits per heavy atom. The summed E-state index contributed by atoms with van der Waals surface area (Å²) in [6.07, 6.45) is 0.627. The fraction of sp³-hybridized carbons (Fsp3) is 0.833. The molecular weight excluding hydrogens is 116 g/mol. The van der Waals surface area contributed by atoms with Crippen LogP contribution in [0.15, 0.2) is 0 Å². The highest BCUT2D eigenvalue weighted by Crippen LogP contribution is 1.95. The molecule has 0 aliphatic carbocycles. The fourth-order valence-corrected chi connectivity index (χ4v) is 0.944. The first-order valence-corrected chi connectivity index (χ1v) is 3.33. The Morgan fingerprint density at radius 1 is 1.78 bits per heavy atom. The first-order chi connectivity index (χ1) is 4.34. The molecular formula is C6H12N2O. The van der Waals surface area contributed by atoms with E-state index in [2.05, 4.69) is 5.32 Å². The Kier molecular flexibility index (Phi) is 2.05. The average molecular weight is 128 g/mol. The van der Waals surface area contributed by atoms with E-state index < -0.39 is 0 Å². The summed E-state index contributed by atoms with van der Waals surface area (Å²) >= 11 is 0. The van der Waals surface area contributed by atoms with Crippen molar-refractivity contribution in [2.45, 2.75) is 13.3 Å². The molecule has 0 aromatic carbocycles. The van der Waals surface area contributed by atoms with Gasteiger partial charge in [-0.05, 0) is 0 Å². The van der Waals surface area contributed by atoms with E-state index in [9.17, 15) is 4.79 Å². The molecule has 52 valence electrons. The summed E-state index contributed by atoms with van der Waals surface area (Å²) in [7, 11) is 0. The van der Waals surface area contributed by atoms with Gasteiger partial charge in [-0.2, -0.15) is 0 Å². The summed E-state index contributed by atoms with van der Waals surface area (Å²) in [6, 6.07) is 0. The molecule has 1 saturated heterocycles. The second-order valence-corrected chi connectivity index (χ2v) is 2.17. The molecule has 1 fully saturated rings. The maximum absolute atomic E-state index is 10.9. The third kappa shape index (κ3) is 1.42. The lowest BCUT2D eigenvalue weighted by atomic mass is 10.4. The summed E-state index contributed by atoms with van der Waals surface area (Å²) < 4.78 is 0. The number of nitrogens with zero attached hydrogens (tertiary/aromatic N) is 1. The van der Waals surface area contributed by atoms with Gasteiger partial charge in [-0.25, -0.2) is 0 Å². The van der Waals surface area contributed by atoms with Crippen molar-refractivity contribution in [3.05, 3.63) is 0 Å². The first-order valence-electron chi connectivity index (χ1n) is 3.33. The van der Waals surface area contributed by atoms with Crippen LogP contribution in [0.1, 0.15) is 13.3 Å². The molecule has 0 saturated carbocycles. The monoisotopic (exact) mass is 128 g/mol. The topological polar surface area (TPSA) is 32.3 Å². The Hall–Kier alpha value is -0.570. The van der Waals surface area contributed by atoms with Crippen molar-refractivity contribution >= 4 is 5.91 Å². The summed E-state index contributed by atoms with van der Waals surface area (Å²) in [6.45, 7) is 4.46. The van der Waals surface area contributed by atoms with E-state index in [1.807, 2.05) is 11.8 Å². The molecule has 1 aliphatic heterocycles. The van der Waals surface area contributed by atoms with E-state index in [0.717, 1.165) is 19.8 Å². The minimum atomic E-state index is 0.250. The molecule has 3 nitrogen and oxygen atoms in total. The lowest BCUT2D eigenvalue weighted by Gasteiger charge is -2.11. The largest absolute Gasteiger partial charge is 0.329 e. The zero-order valence-corrected chi connectivity index (χ0v) is 5.68. The number of hydrogen-bond acceptors (Lipinski definition) is 2. The van der Waals surface area contributed by atoms with Crippen molar-refractivity contribution in [1.29, 1.82) is 0 Å². The Labute approximate surface area is 55.0 Å². The van der Waals surface area contributed by atoms with Crippen LogP contribution in [0.25, 0.3) is 0 Å². The molecule has 0 bridgehead atoms. The van der Waals surface area contributed by atoms with Gasteiger partial charge >= 0.3 is 0 Å². The molecule has 1 amide bonds. The molecule has 0 unspecified atom stereocenters. The van der Waals surface area contributed by atoms with Gasteiger partial charge in [0.15, 0.2) is 0 Å². The van der Waals surface area contributed by atoms with Crippen molar-refractivity contribution in [2.75, 3.05) is 19.8 Å². The van der Waals surface area contributed by atoms with Crippen LogP contribution >= 0.6 is 0 Å². The maximum atomic E-state index is 10.9. The van der Waals surface area contributed by atoms with Crippen LogP contribution in [-0.4, -0.2) is 30.6 Å². The van der Waals surface area contributed by atoms with Gasteiger partial charge < -0.3 is 4.90 Å². The minimum absolute atomic E-state index is 0.250. The van der Waals surface area contributed by atoms with Gasteiger partial charge in [-0.15, -0.1) is 0 Å². The van der Waals surface area contributed by atoms with E-state index in [0.29, 0.717) is 6.42 Å². The molecule has 0 radical (unpaired) electrons. The normalized spacial score (nSPS) is 18.6. The molecule has 0 aromatic rings. The maximum Gasteiger partial charge on any atom is 0.223 e. The molecule has 1 heterocycles. The fourth-order valence-electron chi connectivity index (χ4n) is 0.944. The van der Waals surface area contributed by atoms with Crippen molar-refractivity contribution in [1.82, 2.24) is 10.2 Å². The second kappa shape index (κ2) is 2.82. The number of amides is 1. The van der Waals surface area contributed by atoms with Crippen molar-refractivity contribution in [3.63, 3.8) is 0 Å². The third-order valence-electron chi connectivity index (χ3n) is 1.52. The van der Waals surface area contributed by atoms with E-state index in [1.54, 1.807) is 0 Å². The lowest BCUT2D eigenvalue weighted by molar-refractivity contribution is -0.129. The van der Waals surface area contributed by atoms with E-state index in [1.165, 1.54) is 0 Å². The van der Waals surface area contributed by atoms with Gasteiger partial charge in [0, 0.05) is 19.5 Å². The molecule has 0 atom stereocenters. The summed E-state index contributed by atoms with van der Waals surface area (Å²) in [5.74, 6) is 0.250. The highest BCUT2D eigenvalue weighted by atomic mass is 16.2. The number of rotatable bonds is 1. The van der Waals surface area contributed by atoms with Crippen LogP contribution in [0.5, 0.6) is 0 Å². The standard InChI is InChI=1S/C6H12N2O/c1-2-6(9)8-4-3-7-5-8/h7H,2-5H2,1H3. The predicted octanol–water partition coefficient (Wildman–Crippen LogP) is -0.214. The number of nitrogens with one attached hydrogen (secondary N) is 1. The Morgan fingerprint density at radius 2 is 2.56 bits per heavy atom. The molecule has 3 heteroatoms. The Balaban J connectivity index is 2.32. The van der Waals surface area contributed by atoms with Gasteiger partial charge in [0.2, 0.25) is 5.91 Å². The summed E-state index contributed by atoms with van der Waals surface area (Å²) in [5.41, 5.74) is 0. The van der Waals surface area contributed by atoms with Gasteiger partial charge in [-0.3, -0.25) is 10.1 Å². The SMILES string of the molecule is CCC(=O)N1CCNC1. The molecule has 1 rings (SSSR count). The molecule has 0 spiro atoms. The molecule has 9 heavy (non-hydrogen) atoms. The van der Waals surface area contributed by atoms with Crippen LogP contribution in [0.4, 0.5) is 0 Å². The zero-order valence-electron chi connectivity index (χ0n) is 5.68. The average Bonchev–Trinajstić information content (AvgIpc) is 2.37. The quantitative estimate of drug-likeness (QED) is 0.529. The van der Waals surface area contributed by atoms with Gasteiger partial charge in [0.1, 0.15) is 0 Å². The third-order valence-corrected chi connectivity index (χ3v) is 1.52. The Bertz CT molecular complexity index is 108. The van der Waals surface area contributed by atoms with Crippen LogP contribution < -0.4 is 5.32 Å². The van der Waals surface area contributed by atoms with Crippen molar-refractivity contribution in [2.24, 2.45) is 0 Å². The minimum Gasteiger partial charge on any atom is -0.329 e. The predicted molar refractivity (Wildman–Crippen MR) is 34.9 cm³/mol. The number of carbonyl (C=O) groups excluding carboxylic acids is 1. The molecule has 1 N–H and O–H groups in total. The summed E-state index contributed by atoms with van der Waals surface area (Å²) in [5, 5.41) is 3.09.